The van der Waals surface area contributed by atoms with E-state index < -0.39 is 23.3 Å². The van der Waals surface area contributed by atoms with Crippen LogP contribution in [0.5, 0.6) is 5.75 Å². The molecule has 7 heteroatoms. The molecule has 0 aromatic heterocycles. The van der Waals surface area contributed by atoms with Gasteiger partial charge in [-0.2, -0.15) is 0 Å². The van der Waals surface area contributed by atoms with Crippen molar-refractivity contribution in [2.75, 3.05) is 13.2 Å². The van der Waals surface area contributed by atoms with Crippen molar-refractivity contribution in [2.24, 2.45) is 0 Å². The van der Waals surface area contributed by atoms with Crippen LogP contribution in [-0.2, 0) is 14.3 Å². The summed E-state index contributed by atoms with van der Waals surface area (Å²) in [5, 5.41) is 18.0. The molecule has 0 saturated heterocycles. The highest BCUT2D eigenvalue weighted by atomic mass is 16.6. The van der Waals surface area contributed by atoms with E-state index in [0.29, 0.717) is 17.4 Å². The number of carboxylic acids is 1. The SMILES string of the molecule is CC(C)(O)C(=O)c1ccc(OCCOC(=O)/C=C\C(=O)O)cc1. The summed E-state index contributed by atoms with van der Waals surface area (Å²) in [6.45, 7) is 2.85. The van der Waals surface area contributed by atoms with Crippen LogP contribution in [0, 0.1) is 0 Å². The van der Waals surface area contributed by atoms with Crippen molar-refractivity contribution < 1.29 is 34.1 Å². The zero-order valence-corrected chi connectivity index (χ0v) is 12.8. The Hall–Kier alpha value is -2.67. The smallest absolute Gasteiger partial charge is 0.331 e. The topological polar surface area (TPSA) is 110 Å². The van der Waals surface area contributed by atoms with Gasteiger partial charge in [-0.25, -0.2) is 9.59 Å². The van der Waals surface area contributed by atoms with E-state index in [1.165, 1.54) is 26.0 Å². The van der Waals surface area contributed by atoms with E-state index in [1.807, 2.05) is 0 Å². The van der Waals surface area contributed by atoms with Crippen LogP contribution in [0.25, 0.3) is 0 Å². The summed E-state index contributed by atoms with van der Waals surface area (Å²) < 4.78 is 10.0. The Morgan fingerprint density at radius 2 is 1.70 bits per heavy atom. The van der Waals surface area contributed by atoms with Crippen LogP contribution in [0.4, 0.5) is 0 Å². The molecule has 1 rings (SSSR count). The van der Waals surface area contributed by atoms with E-state index in [0.717, 1.165) is 6.08 Å². The van der Waals surface area contributed by atoms with Gasteiger partial charge in [0.1, 0.15) is 24.6 Å². The number of aliphatic hydroxyl groups is 1. The molecular weight excluding hydrogens is 304 g/mol. The number of hydrogen-bond donors (Lipinski definition) is 2. The summed E-state index contributed by atoms with van der Waals surface area (Å²) in [6.07, 6.45) is 1.49. The summed E-state index contributed by atoms with van der Waals surface area (Å²) in [7, 11) is 0. The lowest BCUT2D eigenvalue weighted by Crippen LogP contribution is -2.30. The van der Waals surface area contributed by atoms with E-state index in [4.69, 9.17) is 14.6 Å². The second-order valence-electron chi connectivity index (χ2n) is 5.10. The van der Waals surface area contributed by atoms with Gasteiger partial charge in [0, 0.05) is 17.7 Å². The van der Waals surface area contributed by atoms with Crippen LogP contribution in [0.3, 0.4) is 0 Å². The average Bonchev–Trinajstić information content (AvgIpc) is 2.48. The van der Waals surface area contributed by atoms with Crippen molar-refractivity contribution in [1.29, 1.82) is 0 Å². The minimum atomic E-state index is -1.44. The summed E-state index contributed by atoms with van der Waals surface area (Å²) in [4.78, 5) is 33.1. The third kappa shape index (κ3) is 6.75. The lowest BCUT2D eigenvalue weighted by atomic mass is 9.97. The van der Waals surface area contributed by atoms with Crippen LogP contribution >= 0.6 is 0 Å². The van der Waals surface area contributed by atoms with Crippen LogP contribution in [-0.4, -0.2) is 46.7 Å². The predicted octanol–water partition coefficient (Wildman–Crippen LogP) is 1.20. The minimum absolute atomic E-state index is 0.0485. The number of aliphatic carboxylic acids is 1. The molecule has 7 nitrogen and oxygen atoms in total. The number of benzene rings is 1. The molecule has 0 radical (unpaired) electrons. The Morgan fingerprint density at radius 3 is 2.22 bits per heavy atom. The fourth-order valence-electron chi connectivity index (χ4n) is 1.54. The normalized spacial score (nSPS) is 11.3. The first-order valence-electron chi connectivity index (χ1n) is 6.78. The van der Waals surface area contributed by atoms with Crippen molar-refractivity contribution in [3.05, 3.63) is 42.0 Å². The molecule has 0 saturated carbocycles. The second kappa shape index (κ2) is 8.09. The average molecular weight is 322 g/mol. The van der Waals surface area contributed by atoms with Crippen LogP contribution in [0.1, 0.15) is 24.2 Å². The van der Waals surface area contributed by atoms with Gasteiger partial charge in [-0.3, -0.25) is 4.79 Å². The number of carboxylic acid groups (broad SMARTS) is 1. The van der Waals surface area contributed by atoms with Gasteiger partial charge in [-0.05, 0) is 38.1 Å². The Labute approximate surface area is 133 Å². The summed E-state index contributed by atoms with van der Waals surface area (Å²) >= 11 is 0. The minimum Gasteiger partial charge on any atom is -0.490 e. The lowest BCUT2D eigenvalue weighted by molar-refractivity contribution is -0.139. The first-order chi connectivity index (χ1) is 10.7. The van der Waals surface area contributed by atoms with Gasteiger partial charge >= 0.3 is 11.9 Å². The maximum Gasteiger partial charge on any atom is 0.331 e. The highest BCUT2D eigenvalue weighted by Gasteiger charge is 2.24. The number of rotatable bonds is 8. The van der Waals surface area contributed by atoms with E-state index >= 15 is 0 Å². The maximum atomic E-state index is 11.8. The molecule has 1 aromatic rings. The number of esters is 1. The second-order valence-corrected chi connectivity index (χ2v) is 5.10. The van der Waals surface area contributed by atoms with Crippen molar-refractivity contribution in [2.45, 2.75) is 19.4 Å². The summed E-state index contributed by atoms with van der Waals surface area (Å²) in [5.41, 5.74) is -1.09. The van der Waals surface area contributed by atoms with Crippen molar-refractivity contribution >= 4 is 17.7 Å². The lowest BCUT2D eigenvalue weighted by Gasteiger charge is -2.15. The van der Waals surface area contributed by atoms with Gasteiger partial charge < -0.3 is 19.7 Å². The van der Waals surface area contributed by atoms with Gasteiger partial charge in [0.2, 0.25) is 0 Å². The molecule has 124 valence electrons. The van der Waals surface area contributed by atoms with E-state index in [2.05, 4.69) is 0 Å². The Kier molecular flexibility index (Phi) is 6.47. The molecule has 0 atom stereocenters. The molecule has 0 heterocycles. The van der Waals surface area contributed by atoms with Crippen molar-refractivity contribution in [3.8, 4) is 5.75 Å². The first kappa shape index (κ1) is 18.4. The standard InChI is InChI=1S/C16H18O7/c1-16(2,21)15(20)11-3-5-12(6-4-11)22-9-10-23-14(19)8-7-13(17)18/h3-8,21H,9-10H2,1-2H3,(H,17,18)/b8-7-. The number of hydrogen-bond acceptors (Lipinski definition) is 6. The number of Topliss-reactive ketones (excluding diaryl/α,β-unsaturated/α-hetero) is 1. The molecule has 0 unspecified atom stereocenters. The molecule has 0 aliphatic rings. The largest absolute Gasteiger partial charge is 0.490 e. The number of carbonyl (C=O) groups is 3. The highest BCUT2D eigenvalue weighted by molar-refractivity contribution is 6.01. The van der Waals surface area contributed by atoms with Crippen LogP contribution in [0.2, 0.25) is 0 Å². The summed E-state index contributed by atoms with van der Waals surface area (Å²) in [6, 6.07) is 6.17. The third-order valence-electron chi connectivity index (χ3n) is 2.63. The maximum absolute atomic E-state index is 11.8. The van der Waals surface area contributed by atoms with Gasteiger partial charge in [-0.1, -0.05) is 0 Å². The van der Waals surface area contributed by atoms with Gasteiger partial charge in [0.25, 0.3) is 0 Å². The fourth-order valence-corrected chi connectivity index (χ4v) is 1.54. The molecule has 0 aliphatic heterocycles. The Balaban J connectivity index is 2.41. The third-order valence-corrected chi connectivity index (χ3v) is 2.63. The predicted molar refractivity (Wildman–Crippen MR) is 80.3 cm³/mol. The molecule has 2 N–H and O–H groups in total. The molecule has 0 bridgehead atoms. The molecule has 0 aliphatic carbocycles. The molecular formula is C16H18O7. The number of carbonyl (C=O) groups excluding carboxylic acids is 2. The first-order valence-corrected chi connectivity index (χ1v) is 6.78. The van der Waals surface area contributed by atoms with Gasteiger partial charge in [0.15, 0.2) is 5.78 Å². The van der Waals surface area contributed by atoms with Crippen molar-refractivity contribution in [3.63, 3.8) is 0 Å². The number of ether oxygens (including phenoxy) is 2. The summed E-state index contributed by atoms with van der Waals surface area (Å²) in [5.74, 6) is -1.95. The molecule has 0 amide bonds. The number of ketones is 1. The quantitative estimate of drug-likeness (QED) is 0.320. The van der Waals surface area contributed by atoms with Crippen LogP contribution in [0.15, 0.2) is 36.4 Å². The molecule has 0 spiro atoms. The highest BCUT2D eigenvalue weighted by Crippen LogP contribution is 2.17. The zero-order valence-electron chi connectivity index (χ0n) is 12.8. The van der Waals surface area contributed by atoms with E-state index in [-0.39, 0.29) is 13.2 Å². The van der Waals surface area contributed by atoms with Gasteiger partial charge in [-0.15, -0.1) is 0 Å². The fraction of sp³-hybridized carbons (Fsp3) is 0.312. The van der Waals surface area contributed by atoms with E-state index in [9.17, 15) is 19.5 Å². The molecule has 1 aromatic carbocycles. The Morgan fingerprint density at radius 1 is 1.09 bits per heavy atom. The molecule has 0 fully saturated rings. The van der Waals surface area contributed by atoms with Gasteiger partial charge in [0.05, 0.1) is 0 Å². The van der Waals surface area contributed by atoms with Crippen molar-refractivity contribution in [1.82, 2.24) is 0 Å². The van der Waals surface area contributed by atoms with Crippen LogP contribution < -0.4 is 4.74 Å². The Bertz CT molecular complexity index is 594. The van der Waals surface area contributed by atoms with E-state index in [1.54, 1.807) is 12.1 Å². The zero-order chi connectivity index (χ0) is 17.5. The molecule has 23 heavy (non-hydrogen) atoms. The monoisotopic (exact) mass is 322 g/mol.